The van der Waals surface area contributed by atoms with Crippen molar-refractivity contribution in [2.24, 2.45) is 0 Å². The zero-order valence-corrected chi connectivity index (χ0v) is 8.51. The van der Waals surface area contributed by atoms with Gasteiger partial charge in [0.1, 0.15) is 11.6 Å². The summed E-state index contributed by atoms with van der Waals surface area (Å²) in [5, 5.41) is 0. The van der Waals surface area contributed by atoms with Crippen LogP contribution >= 0.6 is 0 Å². The first kappa shape index (κ1) is 9.34. The Kier molecular flexibility index (Phi) is 2.10. The second-order valence-corrected chi connectivity index (χ2v) is 3.59. The molecule has 1 aliphatic heterocycles. The maximum Gasteiger partial charge on any atom is 0.245 e. The Bertz CT molecular complexity index is 506. The summed E-state index contributed by atoms with van der Waals surface area (Å²) in [5.74, 6) is 0.601. The lowest BCUT2D eigenvalue weighted by molar-refractivity contribution is 0.139. The van der Waals surface area contributed by atoms with E-state index in [2.05, 4.69) is 19.9 Å². The maximum absolute atomic E-state index is 5.70. The van der Waals surface area contributed by atoms with E-state index in [4.69, 9.17) is 15.2 Å². The van der Waals surface area contributed by atoms with E-state index in [0.717, 1.165) is 13.0 Å². The maximum atomic E-state index is 5.70. The molecule has 0 spiro atoms. The van der Waals surface area contributed by atoms with Crippen LogP contribution < -0.4 is 10.5 Å². The number of imidazole rings is 1. The highest BCUT2D eigenvalue weighted by Gasteiger charge is 2.20. The van der Waals surface area contributed by atoms with E-state index in [1.807, 2.05) is 0 Å². The highest BCUT2D eigenvalue weighted by Crippen LogP contribution is 2.22. The average Bonchev–Trinajstić information content (AvgIpc) is 2.87. The highest BCUT2D eigenvalue weighted by atomic mass is 16.5. The topological polar surface area (TPSA) is 98.9 Å². The second kappa shape index (κ2) is 3.60. The van der Waals surface area contributed by atoms with E-state index in [9.17, 15) is 0 Å². The third-order valence-corrected chi connectivity index (χ3v) is 2.44. The van der Waals surface area contributed by atoms with Crippen molar-refractivity contribution < 1.29 is 9.47 Å². The van der Waals surface area contributed by atoms with Gasteiger partial charge in [-0.2, -0.15) is 9.97 Å². The molecule has 0 bridgehead atoms. The standard InChI is InChI=1S/C9H11N5O2/c10-9-13-7-6(11-4-12-7)8(14-9)16-5-1-2-15-3-5/h4-5H,1-3H2,(H3,10,11,12,13,14). The van der Waals surface area contributed by atoms with Gasteiger partial charge in [-0.25, -0.2) is 4.98 Å². The van der Waals surface area contributed by atoms with Gasteiger partial charge in [-0.3, -0.25) is 0 Å². The Morgan fingerprint density at radius 1 is 1.50 bits per heavy atom. The Hall–Kier alpha value is -1.89. The minimum absolute atomic E-state index is 0.0285. The van der Waals surface area contributed by atoms with Crippen LogP contribution in [-0.2, 0) is 4.74 Å². The van der Waals surface area contributed by atoms with Crippen molar-refractivity contribution in [3.63, 3.8) is 0 Å². The fraction of sp³-hybridized carbons (Fsp3) is 0.444. The van der Waals surface area contributed by atoms with Crippen LogP contribution in [0.2, 0.25) is 0 Å². The molecule has 0 aromatic carbocycles. The first-order valence-corrected chi connectivity index (χ1v) is 5.04. The van der Waals surface area contributed by atoms with E-state index in [1.54, 1.807) is 0 Å². The number of nitrogens with zero attached hydrogens (tertiary/aromatic N) is 3. The summed E-state index contributed by atoms with van der Waals surface area (Å²) in [7, 11) is 0. The van der Waals surface area contributed by atoms with Gasteiger partial charge >= 0.3 is 0 Å². The van der Waals surface area contributed by atoms with Crippen LogP contribution in [0.4, 0.5) is 5.95 Å². The van der Waals surface area contributed by atoms with Gasteiger partial charge in [0.25, 0.3) is 0 Å². The number of nitrogen functional groups attached to an aromatic ring is 1. The molecule has 1 saturated heterocycles. The number of hydrogen-bond donors (Lipinski definition) is 2. The zero-order chi connectivity index (χ0) is 11.0. The van der Waals surface area contributed by atoms with Gasteiger partial charge in [0.2, 0.25) is 11.8 Å². The SMILES string of the molecule is Nc1nc(OC2CCOC2)c2[nH]cnc2n1. The predicted octanol–water partition coefficient (Wildman–Crippen LogP) is 0.103. The average molecular weight is 221 g/mol. The van der Waals surface area contributed by atoms with Gasteiger partial charge in [0.05, 0.1) is 19.5 Å². The van der Waals surface area contributed by atoms with Crippen molar-refractivity contribution in [3.8, 4) is 5.88 Å². The number of fused-ring (bicyclic) bond motifs is 1. The van der Waals surface area contributed by atoms with Gasteiger partial charge in [0.15, 0.2) is 5.65 Å². The van der Waals surface area contributed by atoms with Gasteiger partial charge in [0, 0.05) is 6.42 Å². The number of anilines is 1. The predicted molar refractivity (Wildman–Crippen MR) is 55.9 cm³/mol. The third-order valence-electron chi connectivity index (χ3n) is 2.44. The summed E-state index contributed by atoms with van der Waals surface area (Å²) in [6, 6.07) is 0. The Morgan fingerprint density at radius 2 is 2.44 bits per heavy atom. The zero-order valence-electron chi connectivity index (χ0n) is 8.51. The molecule has 1 atom stereocenters. The molecule has 1 aliphatic rings. The first-order valence-electron chi connectivity index (χ1n) is 5.04. The molecule has 3 heterocycles. The molecule has 2 aromatic heterocycles. The van der Waals surface area contributed by atoms with Crippen LogP contribution in [0.3, 0.4) is 0 Å². The molecule has 0 saturated carbocycles. The van der Waals surface area contributed by atoms with Crippen LogP contribution in [0.15, 0.2) is 6.33 Å². The fourth-order valence-electron chi connectivity index (χ4n) is 1.67. The third kappa shape index (κ3) is 1.54. The van der Waals surface area contributed by atoms with Crippen LogP contribution in [0.1, 0.15) is 6.42 Å². The van der Waals surface area contributed by atoms with Crippen molar-refractivity contribution in [3.05, 3.63) is 6.33 Å². The smallest absolute Gasteiger partial charge is 0.245 e. The molecule has 3 N–H and O–H groups in total. The Labute approximate surface area is 91.0 Å². The summed E-state index contributed by atoms with van der Waals surface area (Å²) in [6.07, 6.45) is 2.43. The van der Waals surface area contributed by atoms with Gasteiger partial charge in [-0.15, -0.1) is 0 Å². The largest absolute Gasteiger partial charge is 0.470 e. The molecule has 7 nitrogen and oxygen atoms in total. The van der Waals surface area contributed by atoms with Crippen LogP contribution in [-0.4, -0.2) is 39.3 Å². The molecular weight excluding hydrogens is 210 g/mol. The first-order chi connectivity index (χ1) is 7.83. The quantitative estimate of drug-likeness (QED) is 0.746. The second-order valence-electron chi connectivity index (χ2n) is 3.59. The van der Waals surface area contributed by atoms with Crippen LogP contribution in [0.5, 0.6) is 5.88 Å². The number of rotatable bonds is 2. The number of nitrogens with one attached hydrogen (secondary N) is 1. The molecule has 1 unspecified atom stereocenters. The van der Waals surface area contributed by atoms with Crippen molar-refractivity contribution in [2.75, 3.05) is 18.9 Å². The molecule has 1 fully saturated rings. The summed E-state index contributed by atoms with van der Waals surface area (Å²) in [4.78, 5) is 15.0. The molecule has 0 radical (unpaired) electrons. The van der Waals surface area contributed by atoms with E-state index in [0.29, 0.717) is 23.7 Å². The van der Waals surface area contributed by atoms with E-state index >= 15 is 0 Å². The number of aromatic amines is 1. The number of aromatic nitrogens is 4. The van der Waals surface area contributed by atoms with Crippen LogP contribution in [0.25, 0.3) is 11.2 Å². The summed E-state index contributed by atoms with van der Waals surface area (Å²) in [5.41, 5.74) is 6.75. The lowest BCUT2D eigenvalue weighted by atomic mass is 10.3. The minimum Gasteiger partial charge on any atom is -0.470 e. The van der Waals surface area contributed by atoms with Crippen molar-refractivity contribution in [1.29, 1.82) is 0 Å². The summed E-state index contributed by atoms with van der Waals surface area (Å²) in [6.45, 7) is 1.30. The molecule has 7 heteroatoms. The lowest BCUT2D eigenvalue weighted by Crippen LogP contribution is -2.17. The lowest BCUT2D eigenvalue weighted by Gasteiger charge is -2.11. The monoisotopic (exact) mass is 221 g/mol. The van der Waals surface area contributed by atoms with E-state index in [1.165, 1.54) is 6.33 Å². The van der Waals surface area contributed by atoms with E-state index < -0.39 is 0 Å². The van der Waals surface area contributed by atoms with Gasteiger partial charge < -0.3 is 20.2 Å². The van der Waals surface area contributed by atoms with Crippen molar-refractivity contribution in [1.82, 2.24) is 19.9 Å². The highest BCUT2D eigenvalue weighted by molar-refractivity contribution is 5.76. The molecule has 0 aliphatic carbocycles. The number of H-pyrrole nitrogens is 1. The molecule has 84 valence electrons. The normalized spacial score (nSPS) is 20.4. The molecule has 2 aromatic rings. The summed E-state index contributed by atoms with van der Waals surface area (Å²) >= 11 is 0. The Balaban J connectivity index is 1.97. The molecule has 16 heavy (non-hydrogen) atoms. The fourth-order valence-corrected chi connectivity index (χ4v) is 1.67. The number of nitrogens with two attached hydrogens (primary N) is 1. The van der Waals surface area contributed by atoms with Gasteiger partial charge in [-0.1, -0.05) is 0 Å². The molecule has 0 amide bonds. The number of ether oxygens (including phenoxy) is 2. The van der Waals surface area contributed by atoms with Crippen molar-refractivity contribution in [2.45, 2.75) is 12.5 Å². The molecule has 3 rings (SSSR count). The van der Waals surface area contributed by atoms with Gasteiger partial charge in [-0.05, 0) is 0 Å². The Morgan fingerprint density at radius 3 is 3.25 bits per heavy atom. The minimum atomic E-state index is 0.0285. The summed E-state index contributed by atoms with van der Waals surface area (Å²) < 4.78 is 10.9. The van der Waals surface area contributed by atoms with E-state index in [-0.39, 0.29) is 12.1 Å². The van der Waals surface area contributed by atoms with Crippen LogP contribution in [0, 0.1) is 0 Å². The molecular formula is C9H11N5O2. The number of hydrogen-bond acceptors (Lipinski definition) is 6. The van der Waals surface area contributed by atoms with Crippen molar-refractivity contribution >= 4 is 17.1 Å².